The number of piperidine rings is 2. The molecule has 4 heterocycles. The van der Waals surface area contributed by atoms with Gasteiger partial charge in [-0.05, 0) is 56.9 Å². The third-order valence-electron chi connectivity index (χ3n) is 5.88. The number of nitrogens with one attached hydrogen (secondary N) is 1. The van der Waals surface area contributed by atoms with Gasteiger partial charge in [0.05, 0.1) is 11.6 Å². The lowest BCUT2D eigenvalue weighted by Crippen LogP contribution is -2.49. The Morgan fingerprint density at radius 2 is 1.97 bits per heavy atom. The smallest absolute Gasteiger partial charge is 0.252 e. The van der Waals surface area contributed by atoms with Crippen LogP contribution in [-0.2, 0) is 14.8 Å². The molecule has 2 aromatic heterocycles. The first-order valence-electron chi connectivity index (χ1n) is 10.5. The zero-order valence-electron chi connectivity index (χ0n) is 17.2. The van der Waals surface area contributed by atoms with Gasteiger partial charge >= 0.3 is 0 Å². The Morgan fingerprint density at radius 1 is 1.17 bits per heavy atom. The highest BCUT2D eigenvalue weighted by Gasteiger charge is 2.36. The second-order valence-corrected chi connectivity index (χ2v) is 11.5. The molecule has 30 heavy (non-hydrogen) atoms. The molecule has 2 aliphatic rings. The molecule has 0 aliphatic carbocycles. The maximum atomic E-state index is 13.1. The fourth-order valence-corrected chi connectivity index (χ4v) is 7.19. The van der Waals surface area contributed by atoms with E-state index in [0.29, 0.717) is 29.9 Å². The van der Waals surface area contributed by atoms with Gasteiger partial charge in [0.1, 0.15) is 4.21 Å². The quantitative estimate of drug-likeness (QED) is 0.760. The monoisotopic (exact) mass is 448 g/mol. The lowest BCUT2D eigenvalue weighted by Gasteiger charge is -2.37. The third-order valence-corrected chi connectivity index (χ3v) is 9.22. The van der Waals surface area contributed by atoms with Crippen LogP contribution in [0.3, 0.4) is 0 Å². The summed E-state index contributed by atoms with van der Waals surface area (Å²) in [6.45, 7) is 4.07. The first-order chi connectivity index (χ1) is 14.4. The SMILES string of the molecule is Cc1ccc(S(=O)(=O)N2CCC[C@H](C(=O)N3CCC(Nc4cccnc4)CC3)C2)s1. The molecule has 2 aliphatic heterocycles. The molecule has 0 spiro atoms. The van der Waals surface area contributed by atoms with Crippen LogP contribution >= 0.6 is 11.3 Å². The first-order valence-corrected chi connectivity index (χ1v) is 12.7. The topological polar surface area (TPSA) is 82.6 Å². The number of thiophene rings is 1. The van der Waals surface area contributed by atoms with E-state index in [-0.39, 0.29) is 18.4 Å². The Kier molecular flexibility index (Phi) is 6.40. The van der Waals surface area contributed by atoms with Crippen LogP contribution in [0, 0.1) is 12.8 Å². The van der Waals surface area contributed by atoms with Crippen molar-refractivity contribution in [2.45, 2.75) is 42.9 Å². The predicted octanol–water partition coefficient (Wildman–Crippen LogP) is 2.96. The first kappa shape index (κ1) is 21.3. The van der Waals surface area contributed by atoms with Gasteiger partial charge in [-0.1, -0.05) is 0 Å². The van der Waals surface area contributed by atoms with E-state index in [0.717, 1.165) is 36.2 Å². The minimum atomic E-state index is -3.52. The number of sulfonamides is 1. The molecule has 9 heteroatoms. The van der Waals surface area contributed by atoms with E-state index in [1.165, 1.54) is 15.6 Å². The summed E-state index contributed by atoms with van der Waals surface area (Å²) in [4.78, 5) is 20.1. The lowest BCUT2D eigenvalue weighted by atomic mass is 9.96. The van der Waals surface area contributed by atoms with E-state index in [2.05, 4.69) is 10.3 Å². The van der Waals surface area contributed by atoms with Crippen molar-refractivity contribution in [2.24, 2.45) is 5.92 Å². The van der Waals surface area contributed by atoms with Crippen LogP contribution in [0.25, 0.3) is 0 Å². The number of aryl methyl sites for hydroxylation is 1. The molecule has 2 fully saturated rings. The molecular formula is C21H28N4O3S2. The van der Waals surface area contributed by atoms with Crippen molar-refractivity contribution in [2.75, 3.05) is 31.5 Å². The zero-order chi connectivity index (χ0) is 21.1. The number of carbonyl (C=O) groups is 1. The highest BCUT2D eigenvalue weighted by Crippen LogP contribution is 2.29. The summed E-state index contributed by atoms with van der Waals surface area (Å²) in [6.07, 6.45) is 6.79. The standard InChI is InChI=1S/C21H28N4O3S2/c1-16-6-7-20(29-16)30(27,28)25-11-3-4-17(15-25)21(26)24-12-8-18(9-13-24)23-19-5-2-10-22-14-19/h2,5-7,10,14,17-18,23H,3-4,8-9,11-13,15H2,1H3/t17-/m0/s1. The van der Waals surface area contributed by atoms with Crippen molar-refractivity contribution in [1.29, 1.82) is 0 Å². The summed E-state index contributed by atoms with van der Waals surface area (Å²) < 4.78 is 27.8. The Bertz CT molecular complexity index is 969. The van der Waals surface area contributed by atoms with E-state index < -0.39 is 10.0 Å². The molecule has 1 N–H and O–H groups in total. The fourth-order valence-electron chi connectivity index (χ4n) is 4.23. The Balaban J connectivity index is 1.34. The molecule has 2 aromatic rings. The van der Waals surface area contributed by atoms with Gasteiger partial charge in [-0.15, -0.1) is 11.3 Å². The highest BCUT2D eigenvalue weighted by molar-refractivity contribution is 7.91. The minimum Gasteiger partial charge on any atom is -0.381 e. The second-order valence-electron chi connectivity index (χ2n) is 8.05. The molecule has 0 bridgehead atoms. The van der Waals surface area contributed by atoms with Crippen LogP contribution < -0.4 is 5.32 Å². The molecule has 0 saturated carbocycles. The largest absolute Gasteiger partial charge is 0.381 e. The van der Waals surface area contributed by atoms with Crippen LogP contribution in [0.2, 0.25) is 0 Å². The van der Waals surface area contributed by atoms with Gasteiger partial charge in [0.25, 0.3) is 10.0 Å². The summed E-state index contributed by atoms with van der Waals surface area (Å²) in [5, 5.41) is 3.48. The van der Waals surface area contributed by atoms with Gasteiger partial charge in [0.15, 0.2) is 0 Å². The van der Waals surface area contributed by atoms with Gasteiger partial charge in [0.2, 0.25) is 5.91 Å². The van der Waals surface area contributed by atoms with Gasteiger partial charge in [-0.3, -0.25) is 9.78 Å². The van der Waals surface area contributed by atoms with Crippen molar-refractivity contribution in [3.05, 3.63) is 41.5 Å². The summed E-state index contributed by atoms with van der Waals surface area (Å²) in [5.41, 5.74) is 0.999. The van der Waals surface area contributed by atoms with Gasteiger partial charge in [-0.2, -0.15) is 4.31 Å². The second kappa shape index (κ2) is 9.03. The average molecular weight is 449 g/mol. The van der Waals surface area contributed by atoms with Crippen molar-refractivity contribution in [1.82, 2.24) is 14.2 Å². The maximum absolute atomic E-state index is 13.1. The summed E-state index contributed by atoms with van der Waals surface area (Å²) in [6, 6.07) is 7.72. The molecular weight excluding hydrogens is 420 g/mol. The van der Waals surface area contributed by atoms with Crippen LogP contribution in [0.4, 0.5) is 5.69 Å². The van der Waals surface area contributed by atoms with E-state index in [1.54, 1.807) is 12.3 Å². The number of carbonyl (C=O) groups excluding carboxylic acids is 1. The number of anilines is 1. The number of hydrogen-bond donors (Lipinski definition) is 1. The van der Waals surface area contributed by atoms with Gasteiger partial charge < -0.3 is 10.2 Å². The summed E-state index contributed by atoms with van der Waals surface area (Å²) in [5.74, 6) is -0.158. The molecule has 1 atom stereocenters. The normalized spacial score (nSPS) is 21.5. The van der Waals surface area contributed by atoms with Gasteiger partial charge in [-0.25, -0.2) is 8.42 Å². The van der Waals surface area contributed by atoms with Crippen LogP contribution in [0.5, 0.6) is 0 Å². The number of rotatable bonds is 5. The molecule has 162 valence electrons. The van der Waals surface area contributed by atoms with E-state index >= 15 is 0 Å². The zero-order valence-corrected chi connectivity index (χ0v) is 18.8. The lowest BCUT2D eigenvalue weighted by molar-refractivity contribution is -0.137. The van der Waals surface area contributed by atoms with Crippen molar-refractivity contribution >= 4 is 33.0 Å². The average Bonchev–Trinajstić information content (AvgIpc) is 3.22. The number of hydrogen-bond acceptors (Lipinski definition) is 6. The maximum Gasteiger partial charge on any atom is 0.252 e. The van der Waals surface area contributed by atoms with Crippen LogP contribution in [0.1, 0.15) is 30.6 Å². The van der Waals surface area contributed by atoms with Crippen molar-refractivity contribution in [3.63, 3.8) is 0 Å². The number of aromatic nitrogens is 1. The molecule has 0 unspecified atom stereocenters. The van der Waals surface area contributed by atoms with Crippen LogP contribution in [-0.4, -0.2) is 60.7 Å². The molecule has 0 aromatic carbocycles. The highest BCUT2D eigenvalue weighted by atomic mass is 32.2. The molecule has 2 saturated heterocycles. The van der Waals surface area contributed by atoms with Gasteiger partial charge in [0, 0.05) is 49.5 Å². The number of pyridine rings is 1. The molecule has 1 amide bonds. The number of likely N-dealkylation sites (tertiary alicyclic amines) is 1. The Labute approximate surface area is 182 Å². The molecule has 7 nitrogen and oxygen atoms in total. The molecule has 0 radical (unpaired) electrons. The van der Waals surface area contributed by atoms with Crippen LogP contribution in [0.15, 0.2) is 40.9 Å². The Morgan fingerprint density at radius 3 is 2.63 bits per heavy atom. The Hall–Kier alpha value is -1.97. The van der Waals surface area contributed by atoms with E-state index in [4.69, 9.17) is 0 Å². The van der Waals surface area contributed by atoms with Crippen molar-refractivity contribution in [3.8, 4) is 0 Å². The summed E-state index contributed by atoms with van der Waals surface area (Å²) >= 11 is 1.29. The minimum absolute atomic E-state index is 0.0945. The fraction of sp³-hybridized carbons (Fsp3) is 0.524. The molecule has 4 rings (SSSR count). The number of amides is 1. The summed E-state index contributed by atoms with van der Waals surface area (Å²) in [7, 11) is -3.52. The van der Waals surface area contributed by atoms with Crippen molar-refractivity contribution < 1.29 is 13.2 Å². The van der Waals surface area contributed by atoms with E-state index in [1.807, 2.05) is 36.2 Å². The number of nitrogens with zero attached hydrogens (tertiary/aromatic N) is 3. The van der Waals surface area contributed by atoms with E-state index in [9.17, 15) is 13.2 Å². The third kappa shape index (κ3) is 4.68. The predicted molar refractivity (Wildman–Crippen MR) is 118 cm³/mol.